The van der Waals surface area contributed by atoms with E-state index in [1.165, 1.54) is 17.8 Å². The van der Waals surface area contributed by atoms with E-state index in [1.54, 1.807) is 23.2 Å². The second-order valence-corrected chi connectivity index (χ2v) is 9.29. The Bertz CT molecular complexity index is 1190. The van der Waals surface area contributed by atoms with Crippen LogP contribution in [0.5, 0.6) is 0 Å². The van der Waals surface area contributed by atoms with E-state index in [0.29, 0.717) is 13.0 Å². The predicted molar refractivity (Wildman–Crippen MR) is 113 cm³/mol. The van der Waals surface area contributed by atoms with Gasteiger partial charge >= 0.3 is 0 Å². The van der Waals surface area contributed by atoms with Crippen molar-refractivity contribution >= 4 is 33.4 Å². The molecule has 0 spiro atoms. The number of carbonyl (C=O) groups is 1. The van der Waals surface area contributed by atoms with E-state index in [4.69, 9.17) is 5.14 Å². The van der Waals surface area contributed by atoms with Gasteiger partial charge in [0, 0.05) is 24.6 Å². The molecule has 0 saturated carbocycles. The fourth-order valence-corrected chi connectivity index (χ4v) is 4.84. The number of para-hydroxylation sites is 1. The Morgan fingerprint density at radius 1 is 1.21 bits per heavy atom. The molecule has 1 aliphatic rings. The third-order valence-corrected chi connectivity index (χ3v) is 6.75. The number of anilines is 1. The molecule has 1 aromatic heterocycles. The van der Waals surface area contributed by atoms with E-state index in [1.807, 2.05) is 42.0 Å². The fraction of sp³-hybridized carbons (Fsp3) is 0.200. The van der Waals surface area contributed by atoms with E-state index in [2.05, 4.69) is 4.98 Å². The van der Waals surface area contributed by atoms with Crippen LogP contribution >= 0.6 is 11.8 Å². The van der Waals surface area contributed by atoms with Crippen LogP contribution in [0.25, 0.3) is 5.69 Å². The number of thioether (sulfide) groups is 1. The predicted octanol–water partition coefficient (Wildman–Crippen LogP) is 2.51. The summed E-state index contributed by atoms with van der Waals surface area (Å²) in [6.45, 7) is 2.56. The van der Waals surface area contributed by atoms with Gasteiger partial charge in [-0.2, -0.15) is 0 Å². The SMILES string of the molecule is Cc1ccccc1-n1ccnc1SCC(=O)N1CCc2cc(S(N)(=O)=O)ccc21. The number of carbonyl (C=O) groups excluding carboxylic acids is 1. The second kappa shape index (κ2) is 7.66. The third-order valence-electron chi connectivity index (χ3n) is 4.88. The van der Waals surface area contributed by atoms with Gasteiger partial charge in [-0.3, -0.25) is 9.36 Å². The van der Waals surface area contributed by atoms with Gasteiger partial charge in [-0.15, -0.1) is 0 Å². The number of sulfonamides is 1. The minimum atomic E-state index is -3.76. The van der Waals surface area contributed by atoms with E-state index >= 15 is 0 Å². The molecule has 2 N–H and O–H groups in total. The molecule has 3 aromatic rings. The van der Waals surface area contributed by atoms with Gasteiger partial charge < -0.3 is 4.90 Å². The Balaban J connectivity index is 1.49. The number of hydrogen-bond donors (Lipinski definition) is 1. The summed E-state index contributed by atoms with van der Waals surface area (Å²) in [5.41, 5.74) is 3.71. The monoisotopic (exact) mass is 428 g/mol. The van der Waals surface area contributed by atoms with Gasteiger partial charge in [-0.05, 0) is 48.7 Å². The first-order valence-electron chi connectivity index (χ1n) is 9.03. The maximum absolute atomic E-state index is 12.8. The first kappa shape index (κ1) is 19.7. The highest BCUT2D eigenvalue weighted by Gasteiger charge is 2.26. The van der Waals surface area contributed by atoms with E-state index in [9.17, 15) is 13.2 Å². The van der Waals surface area contributed by atoms with Crippen LogP contribution in [0.2, 0.25) is 0 Å². The highest BCUT2D eigenvalue weighted by molar-refractivity contribution is 7.99. The molecule has 9 heteroatoms. The average Bonchev–Trinajstić information content (AvgIpc) is 3.32. The summed E-state index contributed by atoms with van der Waals surface area (Å²) in [7, 11) is -3.76. The molecule has 150 valence electrons. The molecule has 2 heterocycles. The van der Waals surface area contributed by atoms with Crippen LogP contribution in [0.1, 0.15) is 11.1 Å². The summed E-state index contributed by atoms with van der Waals surface area (Å²) in [6, 6.07) is 12.7. The fourth-order valence-electron chi connectivity index (χ4n) is 3.43. The summed E-state index contributed by atoms with van der Waals surface area (Å²) in [6.07, 6.45) is 4.21. The van der Waals surface area contributed by atoms with Crippen molar-refractivity contribution in [2.75, 3.05) is 17.2 Å². The number of nitrogens with two attached hydrogens (primary N) is 1. The molecule has 1 aliphatic heterocycles. The van der Waals surface area contributed by atoms with Crippen LogP contribution in [0, 0.1) is 6.92 Å². The first-order valence-corrected chi connectivity index (χ1v) is 11.6. The number of rotatable bonds is 5. The molecule has 0 aliphatic carbocycles. The van der Waals surface area contributed by atoms with Crippen molar-refractivity contribution in [1.82, 2.24) is 9.55 Å². The smallest absolute Gasteiger partial charge is 0.238 e. The number of imidazole rings is 1. The van der Waals surface area contributed by atoms with Crippen molar-refractivity contribution in [3.05, 3.63) is 66.0 Å². The number of aryl methyl sites for hydroxylation is 1. The van der Waals surface area contributed by atoms with Gasteiger partial charge in [0.2, 0.25) is 15.9 Å². The number of nitrogens with zero attached hydrogens (tertiary/aromatic N) is 3. The molecular weight excluding hydrogens is 408 g/mol. The van der Waals surface area contributed by atoms with Crippen LogP contribution in [-0.2, 0) is 21.2 Å². The lowest BCUT2D eigenvalue weighted by Crippen LogP contribution is -2.30. The molecule has 4 rings (SSSR count). The van der Waals surface area contributed by atoms with Gasteiger partial charge in [0.1, 0.15) is 0 Å². The average molecular weight is 429 g/mol. The van der Waals surface area contributed by atoms with Crippen LogP contribution in [-0.4, -0.2) is 36.2 Å². The minimum Gasteiger partial charge on any atom is -0.311 e. The Morgan fingerprint density at radius 3 is 2.76 bits per heavy atom. The van der Waals surface area contributed by atoms with E-state index in [-0.39, 0.29) is 16.6 Å². The number of primary sulfonamides is 1. The molecule has 2 aromatic carbocycles. The molecular formula is C20H20N4O3S2. The van der Waals surface area contributed by atoms with Crippen LogP contribution in [0.15, 0.2) is 64.9 Å². The van der Waals surface area contributed by atoms with Gasteiger partial charge in [-0.25, -0.2) is 18.5 Å². The minimum absolute atomic E-state index is 0.0450. The molecule has 29 heavy (non-hydrogen) atoms. The lowest BCUT2D eigenvalue weighted by atomic mass is 10.2. The standard InChI is InChI=1S/C20H20N4O3S2/c1-14-4-2-3-5-17(14)24-11-9-22-20(24)28-13-19(25)23-10-8-15-12-16(29(21,26)27)6-7-18(15)23/h2-7,9,11-12H,8,10,13H2,1H3,(H2,21,26,27). The molecule has 0 fully saturated rings. The summed E-state index contributed by atoms with van der Waals surface area (Å²) in [5.74, 6) is 0.190. The molecule has 1 amide bonds. The Labute approximate surface area is 173 Å². The zero-order chi connectivity index (χ0) is 20.6. The summed E-state index contributed by atoms with van der Waals surface area (Å²) in [4.78, 5) is 19.0. The highest BCUT2D eigenvalue weighted by Crippen LogP contribution is 2.31. The second-order valence-electron chi connectivity index (χ2n) is 6.79. The van der Waals surface area contributed by atoms with Crippen LogP contribution in [0.3, 0.4) is 0 Å². The van der Waals surface area contributed by atoms with Crippen LogP contribution < -0.4 is 10.0 Å². The number of fused-ring (bicyclic) bond motifs is 1. The Morgan fingerprint density at radius 2 is 2.00 bits per heavy atom. The van der Waals surface area contributed by atoms with Crippen molar-refractivity contribution < 1.29 is 13.2 Å². The lowest BCUT2D eigenvalue weighted by Gasteiger charge is -2.17. The Hall–Kier alpha value is -2.62. The van der Waals surface area contributed by atoms with Crippen molar-refractivity contribution in [2.45, 2.75) is 23.4 Å². The topological polar surface area (TPSA) is 98.3 Å². The quantitative estimate of drug-likeness (QED) is 0.630. The van der Waals surface area contributed by atoms with E-state index < -0.39 is 10.0 Å². The maximum atomic E-state index is 12.8. The molecule has 0 atom stereocenters. The molecule has 0 bridgehead atoms. The molecule has 7 nitrogen and oxygen atoms in total. The number of amides is 1. The summed E-state index contributed by atoms with van der Waals surface area (Å²) in [5, 5.41) is 5.95. The van der Waals surface area contributed by atoms with Crippen LogP contribution in [0.4, 0.5) is 5.69 Å². The van der Waals surface area contributed by atoms with Crippen molar-refractivity contribution in [3.8, 4) is 5.69 Å². The molecule has 0 unspecified atom stereocenters. The van der Waals surface area contributed by atoms with Gasteiger partial charge in [0.05, 0.1) is 16.3 Å². The lowest BCUT2D eigenvalue weighted by molar-refractivity contribution is -0.116. The zero-order valence-electron chi connectivity index (χ0n) is 15.8. The summed E-state index contributed by atoms with van der Waals surface area (Å²) < 4.78 is 25.1. The molecule has 0 radical (unpaired) electrons. The normalized spacial score (nSPS) is 13.5. The summed E-state index contributed by atoms with van der Waals surface area (Å²) >= 11 is 1.38. The van der Waals surface area contributed by atoms with E-state index in [0.717, 1.165) is 27.7 Å². The van der Waals surface area contributed by atoms with Gasteiger partial charge in [0.25, 0.3) is 0 Å². The number of benzene rings is 2. The number of hydrogen-bond acceptors (Lipinski definition) is 5. The highest BCUT2D eigenvalue weighted by atomic mass is 32.2. The van der Waals surface area contributed by atoms with Gasteiger partial charge in [0.15, 0.2) is 5.16 Å². The largest absolute Gasteiger partial charge is 0.311 e. The van der Waals surface area contributed by atoms with Crippen molar-refractivity contribution in [3.63, 3.8) is 0 Å². The third kappa shape index (κ3) is 3.93. The van der Waals surface area contributed by atoms with Crippen molar-refractivity contribution in [1.29, 1.82) is 0 Å². The number of aromatic nitrogens is 2. The van der Waals surface area contributed by atoms with Gasteiger partial charge in [-0.1, -0.05) is 30.0 Å². The zero-order valence-corrected chi connectivity index (χ0v) is 17.4. The van der Waals surface area contributed by atoms with Crippen molar-refractivity contribution in [2.24, 2.45) is 5.14 Å². The first-order chi connectivity index (χ1) is 13.8. The molecule has 0 saturated heterocycles. The Kier molecular flexibility index (Phi) is 5.20. The maximum Gasteiger partial charge on any atom is 0.238 e.